The highest BCUT2D eigenvalue weighted by Crippen LogP contribution is 2.26. The molecule has 0 saturated heterocycles. The van der Waals surface area contributed by atoms with Gasteiger partial charge >= 0.3 is 5.97 Å². The standard InChI is InChI=1S/C14H20O2/c1-3-4-5-9-12-16-13(15)14(2)10-7-6-8-11-14/h3,7-8,10-11H,1,4-6,9,12H2,2H3. The maximum Gasteiger partial charge on any atom is 0.319 e. The highest BCUT2D eigenvalue weighted by atomic mass is 16.5. The van der Waals surface area contributed by atoms with E-state index in [1.807, 2.05) is 37.3 Å². The first-order chi connectivity index (χ1) is 7.69. The van der Waals surface area contributed by atoms with E-state index >= 15 is 0 Å². The van der Waals surface area contributed by atoms with E-state index in [0.717, 1.165) is 25.7 Å². The summed E-state index contributed by atoms with van der Waals surface area (Å²) in [5.74, 6) is -0.154. The predicted octanol–water partition coefficient (Wildman–Crippen LogP) is 3.41. The molecule has 0 radical (unpaired) electrons. The van der Waals surface area contributed by atoms with Gasteiger partial charge in [0.15, 0.2) is 0 Å². The van der Waals surface area contributed by atoms with Crippen molar-refractivity contribution in [2.24, 2.45) is 5.41 Å². The van der Waals surface area contributed by atoms with E-state index in [4.69, 9.17) is 4.74 Å². The molecule has 0 unspecified atom stereocenters. The largest absolute Gasteiger partial charge is 0.465 e. The number of hydrogen-bond donors (Lipinski definition) is 0. The van der Waals surface area contributed by atoms with Gasteiger partial charge in [-0.2, -0.15) is 0 Å². The summed E-state index contributed by atoms with van der Waals surface area (Å²) < 4.78 is 5.26. The van der Waals surface area contributed by atoms with Crippen molar-refractivity contribution < 1.29 is 9.53 Å². The fourth-order valence-electron chi connectivity index (χ4n) is 1.61. The molecule has 0 aromatic carbocycles. The second-order valence-corrected chi connectivity index (χ2v) is 4.24. The van der Waals surface area contributed by atoms with Crippen LogP contribution in [0.2, 0.25) is 0 Å². The molecule has 2 heteroatoms. The number of unbranched alkanes of at least 4 members (excludes halogenated alkanes) is 2. The number of carbonyl (C=O) groups excluding carboxylic acids is 1. The maximum atomic E-state index is 11.8. The molecule has 0 aromatic heterocycles. The Morgan fingerprint density at radius 1 is 1.44 bits per heavy atom. The van der Waals surface area contributed by atoms with E-state index in [9.17, 15) is 4.79 Å². The summed E-state index contributed by atoms with van der Waals surface area (Å²) in [6.07, 6.45) is 13.5. The van der Waals surface area contributed by atoms with Crippen LogP contribution in [0.3, 0.4) is 0 Å². The fourth-order valence-corrected chi connectivity index (χ4v) is 1.61. The zero-order chi connectivity index (χ0) is 11.9. The van der Waals surface area contributed by atoms with Gasteiger partial charge in [0, 0.05) is 0 Å². The topological polar surface area (TPSA) is 26.3 Å². The first kappa shape index (κ1) is 12.8. The summed E-state index contributed by atoms with van der Waals surface area (Å²) in [5.41, 5.74) is -0.559. The number of ether oxygens (including phenoxy) is 1. The number of carbonyl (C=O) groups is 1. The molecule has 1 aliphatic rings. The molecule has 0 aliphatic heterocycles. The van der Waals surface area contributed by atoms with Crippen molar-refractivity contribution in [3.63, 3.8) is 0 Å². The van der Waals surface area contributed by atoms with Gasteiger partial charge in [0.1, 0.15) is 5.41 Å². The summed E-state index contributed by atoms with van der Waals surface area (Å²) in [5, 5.41) is 0. The van der Waals surface area contributed by atoms with Gasteiger partial charge in [0.05, 0.1) is 6.61 Å². The molecule has 0 amide bonds. The lowest BCUT2D eigenvalue weighted by atomic mass is 9.86. The lowest BCUT2D eigenvalue weighted by Gasteiger charge is -2.21. The number of esters is 1. The van der Waals surface area contributed by atoms with Crippen molar-refractivity contribution >= 4 is 5.97 Å². The molecule has 16 heavy (non-hydrogen) atoms. The smallest absolute Gasteiger partial charge is 0.319 e. The Kier molecular flexibility index (Phi) is 5.03. The highest BCUT2D eigenvalue weighted by molar-refractivity contribution is 5.81. The van der Waals surface area contributed by atoms with Gasteiger partial charge in [0.25, 0.3) is 0 Å². The molecule has 2 nitrogen and oxygen atoms in total. The van der Waals surface area contributed by atoms with Crippen LogP contribution in [-0.4, -0.2) is 12.6 Å². The molecule has 0 bridgehead atoms. The predicted molar refractivity (Wildman–Crippen MR) is 66.0 cm³/mol. The summed E-state index contributed by atoms with van der Waals surface area (Å²) in [7, 11) is 0. The first-order valence-electron chi connectivity index (χ1n) is 5.82. The van der Waals surface area contributed by atoms with Crippen molar-refractivity contribution in [1.29, 1.82) is 0 Å². The Bertz CT molecular complexity index is 288. The van der Waals surface area contributed by atoms with E-state index in [0.29, 0.717) is 6.61 Å². The van der Waals surface area contributed by atoms with Crippen LogP contribution in [0.25, 0.3) is 0 Å². The molecule has 0 spiro atoms. The van der Waals surface area contributed by atoms with Crippen molar-refractivity contribution in [3.05, 3.63) is 37.0 Å². The lowest BCUT2D eigenvalue weighted by Crippen LogP contribution is -2.27. The molecule has 0 atom stereocenters. The van der Waals surface area contributed by atoms with Crippen molar-refractivity contribution in [2.45, 2.75) is 32.6 Å². The second kappa shape index (κ2) is 6.31. The molecule has 0 saturated carbocycles. The Morgan fingerprint density at radius 3 is 2.75 bits per heavy atom. The number of rotatable bonds is 6. The molecular formula is C14H20O2. The van der Waals surface area contributed by atoms with Gasteiger partial charge in [-0.3, -0.25) is 4.79 Å². The SMILES string of the molecule is C=CCCCCOC(=O)C1(C)C=CCC=C1. The summed E-state index contributed by atoms with van der Waals surface area (Å²) in [6.45, 7) is 6.04. The molecule has 1 aliphatic carbocycles. The second-order valence-electron chi connectivity index (χ2n) is 4.24. The Labute approximate surface area is 97.7 Å². The van der Waals surface area contributed by atoms with Gasteiger partial charge in [-0.05, 0) is 32.6 Å². The monoisotopic (exact) mass is 220 g/mol. The average molecular weight is 220 g/mol. The molecule has 0 heterocycles. The van der Waals surface area contributed by atoms with Crippen LogP contribution >= 0.6 is 0 Å². The first-order valence-corrected chi connectivity index (χ1v) is 5.82. The molecule has 88 valence electrons. The quantitative estimate of drug-likeness (QED) is 0.389. The normalized spacial score (nSPS) is 17.1. The molecule has 0 fully saturated rings. The van der Waals surface area contributed by atoms with Crippen molar-refractivity contribution in [2.75, 3.05) is 6.61 Å². The maximum absolute atomic E-state index is 11.8. The summed E-state index contributed by atoms with van der Waals surface area (Å²) in [6, 6.07) is 0. The van der Waals surface area contributed by atoms with Crippen LogP contribution in [0.1, 0.15) is 32.6 Å². The molecule has 0 aromatic rings. The van der Waals surface area contributed by atoms with Gasteiger partial charge in [-0.25, -0.2) is 0 Å². The fraction of sp³-hybridized carbons (Fsp3) is 0.500. The third kappa shape index (κ3) is 3.69. The molecule has 0 N–H and O–H groups in total. The molecular weight excluding hydrogens is 200 g/mol. The van der Waals surface area contributed by atoms with Gasteiger partial charge < -0.3 is 4.74 Å². The van der Waals surface area contributed by atoms with Crippen LogP contribution in [0.4, 0.5) is 0 Å². The van der Waals surface area contributed by atoms with Crippen LogP contribution < -0.4 is 0 Å². The van der Waals surface area contributed by atoms with E-state index < -0.39 is 5.41 Å². The average Bonchev–Trinajstić information content (AvgIpc) is 2.29. The summed E-state index contributed by atoms with van der Waals surface area (Å²) >= 11 is 0. The number of allylic oxidation sites excluding steroid dienone is 3. The van der Waals surface area contributed by atoms with Crippen LogP contribution in [0.15, 0.2) is 37.0 Å². The lowest BCUT2D eigenvalue weighted by molar-refractivity contribution is -0.149. The zero-order valence-corrected chi connectivity index (χ0v) is 9.95. The van der Waals surface area contributed by atoms with E-state index in [1.54, 1.807) is 0 Å². The number of hydrogen-bond acceptors (Lipinski definition) is 2. The van der Waals surface area contributed by atoms with Gasteiger partial charge in [-0.1, -0.05) is 30.4 Å². The highest BCUT2D eigenvalue weighted by Gasteiger charge is 2.29. The third-order valence-electron chi connectivity index (χ3n) is 2.68. The van der Waals surface area contributed by atoms with E-state index in [1.165, 1.54) is 0 Å². The third-order valence-corrected chi connectivity index (χ3v) is 2.68. The van der Waals surface area contributed by atoms with E-state index in [-0.39, 0.29) is 5.97 Å². The van der Waals surface area contributed by atoms with Crippen molar-refractivity contribution in [3.8, 4) is 0 Å². The minimum atomic E-state index is -0.559. The van der Waals surface area contributed by atoms with Crippen LogP contribution in [-0.2, 0) is 9.53 Å². The molecule has 1 rings (SSSR count). The summed E-state index contributed by atoms with van der Waals surface area (Å²) in [4.78, 5) is 11.8. The van der Waals surface area contributed by atoms with Crippen molar-refractivity contribution in [1.82, 2.24) is 0 Å². The van der Waals surface area contributed by atoms with Gasteiger partial charge in [-0.15, -0.1) is 6.58 Å². The minimum absolute atomic E-state index is 0.154. The Balaban J connectivity index is 2.29. The minimum Gasteiger partial charge on any atom is -0.465 e. The van der Waals surface area contributed by atoms with Gasteiger partial charge in [0.2, 0.25) is 0 Å². The zero-order valence-electron chi connectivity index (χ0n) is 9.95. The van der Waals surface area contributed by atoms with Crippen LogP contribution in [0, 0.1) is 5.41 Å². The van der Waals surface area contributed by atoms with Crippen LogP contribution in [0.5, 0.6) is 0 Å². The Morgan fingerprint density at radius 2 is 2.12 bits per heavy atom. The van der Waals surface area contributed by atoms with E-state index in [2.05, 4.69) is 6.58 Å². The Hall–Kier alpha value is -1.31.